The number of carbonyl (C=O) groups is 1. The standard InChI is InChI=1S/C12H11NO3/c1-8-7-10(12(14)16-2)9-5-3-4-6-11(9)13(8)15/h3-7H,1-2H3. The number of esters is 1. The highest BCUT2D eigenvalue weighted by molar-refractivity contribution is 6.02. The van der Waals surface area contributed by atoms with Crippen LogP contribution in [0.1, 0.15) is 16.1 Å². The Labute approximate surface area is 92.7 Å². The van der Waals surface area contributed by atoms with Gasteiger partial charge in [0, 0.05) is 19.1 Å². The van der Waals surface area contributed by atoms with Gasteiger partial charge in [-0.15, -0.1) is 0 Å². The number of carbonyl (C=O) groups excluding carboxylic acids is 1. The summed E-state index contributed by atoms with van der Waals surface area (Å²) in [5.74, 6) is -0.431. The van der Waals surface area contributed by atoms with Crippen LogP contribution >= 0.6 is 0 Å². The zero-order chi connectivity index (χ0) is 11.7. The highest BCUT2D eigenvalue weighted by atomic mass is 16.5. The molecule has 0 amide bonds. The first-order chi connectivity index (χ1) is 7.65. The minimum Gasteiger partial charge on any atom is -0.618 e. The van der Waals surface area contributed by atoms with Gasteiger partial charge in [0.15, 0.2) is 5.69 Å². The third-order valence-electron chi connectivity index (χ3n) is 2.49. The van der Waals surface area contributed by atoms with Gasteiger partial charge in [0.2, 0.25) is 5.52 Å². The van der Waals surface area contributed by atoms with Crippen LogP contribution in [0.15, 0.2) is 30.3 Å². The van der Waals surface area contributed by atoms with E-state index in [2.05, 4.69) is 4.74 Å². The first kappa shape index (κ1) is 10.4. The minimum absolute atomic E-state index is 0.419. The number of aryl methyl sites for hydroxylation is 1. The number of methoxy groups -OCH3 is 1. The van der Waals surface area contributed by atoms with Crippen molar-refractivity contribution in [3.05, 3.63) is 46.8 Å². The maximum Gasteiger partial charge on any atom is 0.338 e. The van der Waals surface area contributed by atoms with Gasteiger partial charge in [-0.25, -0.2) is 4.79 Å². The highest BCUT2D eigenvalue weighted by Gasteiger charge is 2.17. The van der Waals surface area contributed by atoms with Crippen molar-refractivity contribution in [2.24, 2.45) is 0 Å². The molecular weight excluding hydrogens is 206 g/mol. The number of aromatic nitrogens is 1. The number of para-hydroxylation sites is 1. The zero-order valence-corrected chi connectivity index (χ0v) is 9.06. The number of ether oxygens (including phenoxy) is 1. The molecule has 1 aromatic heterocycles. The van der Waals surface area contributed by atoms with Crippen LogP contribution in [0.25, 0.3) is 10.9 Å². The van der Waals surface area contributed by atoms with Crippen LogP contribution in [0.5, 0.6) is 0 Å². The third-order valence-corrected chi connectivity index (χ3v) is 2.49. The molecule has 2 rings (SSSR count). The van der Waals surface area contributed by atoms with E-state index in [1.54, 1.807) is 37.3 Å². The average molecular weight is 217 g/mol. The van der Waals surface area contributed by atoms with Gasteiger partial charge in [0.05, 0.1) is 18.1 Å². The van der Waals surface area contributed by atoms with E-state index < -0.39 is 5.97 Å². The number of hydrogen-bond acceptors (Lipinski definition) is 3. The largest absolute Gasteiger partial charge is 0.618 e. The van der Waals surface area contributed by atoms with E-state index in [0.717, 1.165) is 4.73 Å². The number of rotatable bonds is 1. The molecule has 0 radical (unpaired) electrons. The molecule has 0 fully saturated rings. The Hall–Kier alpha value is -2.10. The van der Waals surface area contributed by atoms with E-state index in [1.807, 2.05) is 0 Å². The fraction of sp³-hybridized carbons (Fsp3) is 0.167. The summed E-state index contributed by atoms with van der Waals surface area (Å²) < 4.78 is 5.50. The van der Waals surface area contributed by atoms with Crippen LogP contribution in [0, 0.1) is 12.1 Å². The van der Waals surface area contributed by atoms with Crippen molar-refractivity contribution in [1.29, 1.82) is 0 Å². The lowest BCUT2D eigenvalue weighted by Crippen LogP contribution is -2.31. The van der Waals surface area contributed by atoms with E-state index >= 15 is 0 Å². The highest BCUT2D eigenvalue weighted by Crippen LogP contribution is 2.17. The summed E-state index contributed by atoms with van der Waals surface area (Å²) in [7, 11) is 1.32. The predicted molar refractivity (Wildman–Crippen MR) is 59.0 cm³/mol. The van der Waals surface area contributed by atoms with Crippen LogP contribution in [0.4, 0.5) is 0 Å². The Kier molecular flexibility index (Phi) is 2.48. The summed E-state index contributed by atoms with van der Waals surface area (Å²) in [5, 5.41) is 12.4. The molecule has 0 atom stereocenters. The molecule has 0 saturated heterocycles. The second-order valence-electron chi connectivity index (χ2n) is 3.50. The first-order valence-electron chi connectivity index (χ1n) is 4.85. The number of benzene rings is 1. The van der Waals surface area contributed by atoms with Crippen molar-refractivity contribution < 1.29 is 14.3 Å². The van der Waals surface area contributed by atoms with Crippen LogP contribution in [0.3, 0.4) is 0 Å². The van der Waals surface area contributed by atoms with Crippen LogP contribution < -0.4 is 4.73 Å². The van der Waals surface area contributed by atoms with Gasteiger partial charge >= 0.3 is 5.97 Å². The molecule has 16 heavy (non-hydrogen) atoms. The average Bonchev–Trinajstić information content (AvgIpc) is 2.33. The fourth-order valence-electron chi connectivity index (χ4n) is 1.69. The minimum atomic E-state index is -0.431. The van der Waals surface area contributed by atoms with Gasteiger partial charge in [-0.3, -0.25) is 0 Å². The molecule has 1 heterocycles. The Bertz CT molecular complexity index is 563. The first-order valence-corrected chi connectivity index (χ1v) is 4.85. The van der Waals surface area contributed by atoms with Gasteiger partial charge in [0.25, 0.3) is 0 Å². The van der Waals surface area contributed by atoms with Crippen molar-refractivity contribution in [1.82, 2.24) is 0 Å². The predicted octanol–water partition coefficient (Wildman–Crippen LogP) is 1.57. The molecule has 4 nitrogen and oxygen atoms in total. The molecule has 1 aromatic carbocycles. The van der Waals surface area contributed by atoms with Gasteiger partial charge < -0.3 is 9.94 Å². The van der Waals surface area contributed by atoms with Crippen molar-refractivity contribution in [2.75, 3.05) is 7.11 Å². The SMILES string of the molecule is COC(=O)c1cc(C)[n+]([O-])c2ccccc12. The lowest BCUT2D eigenvalue weighted by atomic mass is 10.1. The van der Waals surface area contributed by atoms with Gasteiger partial charge in [-0.2, -0.15) is 4.73 Å². The second-order valence-corrected chi connectivity index (χ2v) is 3.50. The summed E-state index contributed by atoms with van der Waals surface area (Å²) in [5.41, 5.74) is 1.37. The van der Waals surface area contributed by atoms with Crippen molar-refractivity contribution in [3.8, 4) is 0 Å². The molecule has 0 N–H and O–H groups in total. The summed E-state index contributed by atoms with van der Waals surface area (Å²) in [6, 6.07) is 8.50. The van der Waals surface area contributed by atoms with Crippen molar-refractivity contribution >= 4 is 16.9 Å². The monoisotopic (exact) mass is 217 g/mol. The molecule has 82 valence electrons. The Morgan fingerprint density at radius 2 is 2.06 bits per heavy atom. The molecule has 4 heteroatoms. The number of pyridine rings is 1. The Balaban J connectivity index is 2.85. The van der Waals surface area contributed by atoms with E-state index in [-0.39, 0.29) is 0 Å². The molecule has 2 aromatic rings. The maximum absolute atomic E-state index is 11.8. The molecule has 0 aliphatic carbocycles. The van der Waals surface area contributed by atoms with Gasteiger partial charge in [-0.05, 0) is 6.07 Å². The van der Waals surface area contributed by atoms with Gasteiger partial charge in [0.1, 0.15) is 0 Å². The summed E-state index contributed by atoms with van der Waals surface area (Å²) >= 11 is 0. The second kappa shape index (κ2) is 3.81. The quantitative estimate of drug-likeness (QED) is 0.414. The smallest absolute Gasteiger partial charge is 0.338 e. The molecular formula is C12H11NO3. The molecule has 0 aliphatic rings. The summed E-state index contributed by atoms with van der Waals surface area (Å²) in [6.45, 7) is 1.66. The maximum atomic E-state index is 11.8. The molecule has 0 bridgehead atoms. The summed E-state index contributed by atoms with van der Waals surface area (Å²) in [6.07, 6.45) is 0. The Morgan fingerprint density at radius 1 is 1.38 bits per heavy atom. The lowest BCUT2D eigenvalue weighted by molar-refractivity contribution is -0.584. The van der Waals surface area contributed by atoms with Crippen molar-refractivity contribution in [2.45, 2.75) is 6.92 Å². The topological polar surface area (TPSA) is 53.2 Å². The van der Waals surface area contributed by atoms with E-state index in [1.165, 1.54) is 7.11 Å². The number of nitrogens with zero attached hydrogens (tertiary/aromatic N) is 1. The van der Waals surface area contributed by atoms with Gasteiger partial charge in [-0.1, -0.05) is 12.1 Å². The Morgan fingerprint density at radius 3 is 2.75 bits per heavy atom. The normalized spacial score (nSPS) is 10.4. The summed E-state index contributed by atoms with van der Waals surface area (Å²) in [4.78, 5) is 11.6. The van der Waals surface area contributed by atoms with Crippen LogP contribution in [-0.4, -0.2) is 13.1 Å². The zero-order valence-electron chi connectivity index (χ0n) is 9.06. The number of hydrogen-bond donors (Lipinski definition) is 0. The molecule has 0 unspecified atom stereocenters. The lowest BCUT2D eigenvalue weighted by Gasteiger charge is -2.08. The van der Waals surface area contributed by atoms with Crippen LogP contribution in [-0.2, 0) is 4.74 Å². The van der Waals surface area contributed by atoms with Crippen LogP contribution in [0.2, 0.25) is 0 Å². The fourth-order valence-corrected chi connectivity index (χ4v) is 1.69. The van der Waals surface area contributed by atoms with E-state index in [0.29, 0.717) is 22.2 Å². The molecule has 0 aliphatic heterocycles. The van der Waals surface area contributed by atoms with E-state index in [9.17, 15) is 10.0 Å². The van der Waals surface area contributed by atoms with Crippen molar-refractivity contribution in [3.63, 3.8) is 0 Å². The third kappa shape index (κ3) is 1.48. The number of fused-ring (bicyclic) bond motifs is 1. The molecule has 0 saturated carbocycles. The molecule has 0 spiro atoms. The van der Waals surface area contributed by atoms with E-state index in [4.69, 9.17) is 0 Å².